The first-order chi connectivity index (χ1) is 8.52. The number of hydrogen-bond donors (Lipinski definition) is 2. The number of nitrogens with zero attached hydrogens (tertiary/aromatic N) is 2. The van der Waals surface area contributed by atoms with Crippen molar-refractivity contribution in [2.45, 2.75) is 46.6 Å². The molecule has 1 unspecified atom stereocenters. The first kappa shape index (κ1) is 15.0. The molecule has 0 amide bonds. The third-order valence-electron chi connectivity index (χ3n) is 3.13. The third-order valence-corrected chi connectivity index (χ3v) is 3.13. The van der Waals surface area contributed by atoms with E-state index in [1.165, 1.54) is 6.42 Å². The molecule has 0 aromatic carbocycles. The summed E-state index contributed by atoms with van der Waals surface area (Å²) in [5.74, 6) is 2.30. The Hall–Kier alpha value is -1.03. The molecule has 0 aliphatic carbocycles. The fraction of sp³-hybridized carbons (Fsp3) is 0.786. The van der Waals surface area contributed by atoms with Crippen LogP contribution in [0.1, 0.15) is 46.6 Å². The van der Waals surface area contributed by atoms with E-state index in [1.54, 1.807) is 0 Å². The van der Waals surface area contributed by atoms with Crippen molar-refractivity contribution in [2.24, 2.45) is 17.6 Å². The highest BCUT2D eigenvalue weighted by atomic mass is 15.3. The van der Waals surface area contributed by atoms with E-state index < -0.39 is 0 Å². The minimum absolute atomic E-state index is 0.415. The normalized spacial score (nSPS) is 13.3. The second-order valence-corrected chi connectivity index (χ2v) is 5.72. The van der Waals surface area contributed by atoms with E-state index in [4.69, 9.17) is 5.73 Å². The van der Waals surface area contributed by atoms with E-state index in [-0.39, 0.29) is 0 Å². The lowest BCUT2D eigenvalue weighted by Gasteiger charge is -2.17. The second kappa shape index (κ2) is 7.41. The van der Waals surface area contributed by atoms with Crippen LogP contribution in [0.25, 0.3) is 0 Å². The van der Waals surface area contributed by atoms with Crippen LogP contribution >= 0.6 is 0 Å². The van der Waals surface area contributed by atoms with Crippen molar-refractivity contribution in [1.82, 2.24) is 9.78 Å². The molecule has 1 heterocycles. The summed E-state index contributed by atoms with van der Waals surface area (Å²) in [6.07, 6.45) is 4.34. The van der Waals surface area contributed by atoms with Gasteiger partial charge in [0.1, 0.15) is 5.82 Å². The number of hydrogen-bond acceptors (Lipinski definition) is 3. The molecule has 0 spiro atoms. The van der Waals surface area contributed by atoms with Gasteiger partial charge < -0.3 is 11.1 Å². The van der Waals surface area contributed by atoms with Gasteiger partial charge in [-0.3, -0.25) is 4.68 Å². The summed E-state index contributed by atoms with van der Waals surface area (Å²) >= 11 is 0. The van der Waals surface area contributed by atoms with Gasteiger partial charge in [0.2, 0.25) is 0 Å². The molecule has 0 bridgehead atoms. The Balaban J connectivity index is 2.31. The highest BCUT2D eigenvalue weighted by Gasteiger charge is 2.09. The monoisotopic (exact) mass is 252 g/mol. The van der Waals surface area contributed by atoms with Gasteiger partial charge in [-0.05, 0) is 45.1 Å². The molecule has 1 aromatic rings. The molecule has 0 fully saturated rings. The Morgan fingerprint density at radius 1 is 1.33 bits per heavy atom. The lowest BCUT2D eigenvalue weighted by atomic mass is 9.94. The van der Waals surface area contributed by atoms with Crippen molar-refractivity contribution >= 4 is 5.82 Å². The zero-order chi connectivity index (χ0) is 13.5. The molecule has 0 saturated heterocycles. The maximum Gasteiger partial charge on any atom is 0.147 e. The topological polar surface area (TPSA) is 55.9 Å². The van der Waals surface area contributed by atoms with Gasteiger partial charge in [-0.25, -0.2) is 0 Å². The van der Waals surface area contributed by atoms with Crippen molar-refractivity contribution in [3.8, 4) is 0 Å². The number of anilines is 1. The minimum Gasteiger partial charge on any atom is -0.369 e. The summed E-state index contributed by atoms with van der Waals surface area (Å²) < 4.78 is 1.97. The first-order valence-electron chi connectivity index (χ1n) is 7.02. The minimum atomic E-state index is 0.415. The zero-order valence-electron chi connectivity index (χ0n) is 12.2. The van der Waals surface area contributed by atoms with E-state index in [0.29, 0.717) is 12.0 Å². The molecule has 1 aromatic heterocycles. The molecule has 4 heteroatoms. The molecule has 18 heavy (non-hydrogen) atoms. The summed E-state index contributed by atoms with van der Waals surface area (Å²) in [4.78, 5) is 0. The highest BCUT2D eigenvalue weighted by Crippen LogP contribution is 2.15. The molecule has 1 atom stereocenters. The van der Waals surface area contributed by atoms with Crippen LogP contribution < -0.4 is 11.1 Å². The van der Waals surface area contributed by atoms with E-state index >= 15 is 0 Å². The molecule has 0 radical (unpaired) electrons. The van der Waals surface area contributed by atoms with Crippen LogP contribution in [0, 0.1) is 11.8 Å². The molecule has 104 valence electrons. The summed E-state index contributed by atoms with van der Waals surface area (Å²) in [6, 6.07) is 2.44. The number of aromatic nitrogens is 2. The van der Waals surface area contributed by atoms with Crippen molar-refractivity contribution in [3.63, 3.8) is 0 Å². The predicted molar refractivity (Wildman–Crippen MR) is 77.7 cm³/mol. The Morgan fingerprint density at radius 2 is 2.06 bits per heavy atom. The van der Waals surface area contributed by atoms with Crippen LogP contribution in [0.2, 0.25) is 0 Å². The quantitative estimate of drug-likeness (QED) is 0.748. The molecule has 0 aliphatic heterocycles. The molecular weight excluding hydrogens is 224 g/mol. The van der Waals surface area contributed by atoms with Crippen molar-refractivity contribution in [3.05, 3.63) is 12.3 Å². The number of nitrogens with two attached hydrogens (primary N) is 1. The van der Waals surface area contributed by atoms with E-state index in [1.807, 2.05) is 16.9 Å². The molecule has 4 nitrogen and oxygen atoms in total. The largest absolute Gasteiger partial charge is 0.369 e. The van der Waals surface area contributed by atoms with Crippen LogP contribution in [0.5, 0.6) is 0 Å². The maximum atomic E-state index is 5.80. The van der Waals surface area contributed by atoms with Crippen molar-refractivity contribution < 1.29 is 0 Å². The predicted octanol–water partition coefficient (Wildman–Crippen LogP) is 2.89. The highest BCUT2D eigenvalue weighted by molar-refractivity contribution is 5.31. The van der Waals surface area contributed by atoms with Crippen LogP contribution in [0.3, 0.4) is 0 Å². The Kier molecular flexibility index (Phi) is 6.19. The summed E-state index contributed by atoms with van der Waals surface area (Å²) in [5.41, 5.74) is 5.80. The van der Waals surface area contributed by atoms with E-state index in [2.05, 4.69) is 38.1 Å². The van der Waals surface area contributed by atoms with Gasteiger partial charge in [0.15, 0.2) is 0 Å². The van der Waals surface area contributed by atoms with Gasteiger partial charge in [-0.2, -0.15) is 5.10 Å². The maximum absolute atomic E-state index is 5.80. The standard InChI is InChI=1S/C14H28N4/c1-11(2)9-13(10-15)5-7-16-14-6-8-18(17-14)12(3)4/h6,8,11-13H,5,7,9-10,15H2,1-4H3,(H,16,17). The van der Waals surface area contributed by atoms with Gasteiger partial charge in [-0.1, -0.05) is 13.8 Å². The van der Waals surface area contributed by atoms with E-state index in [9.17, 15) is 0 Å². The average molecular weight is 252 g/mol. The van der Waals surface area contributed by atoms with Crippen molar-refractivity contribution in [1.29, 1.82) is 0 Å². The van der Waals surface area contributed by atoms with Gasteiger partial charge in [0.25, 0.3) is 0 Å². The number of rotatable bonds is 8. The molecule has 1 rings (SSSR count). The second-order valence-electron chi connectivity index (χ2n) is 5.72. The van der Waals surface area contributed by atoms with Gasteiger partial charge in [-0.15, -0.1) is 0 Å². The lowest BCUT2D eigenvalue weighted by Crippen LogP contribution is -2.19. The fourth-order valence-corrected chi connectivity index (χ4v) is 2.12. The number of nitrogens with one attached hydrogen (secondary N) is 1. The molecule has 0 aliphatic rings. The van der Waals surface area contributed by atoms with Gasteiger partial charge in [0, 0.05) is 24.8 Å². The SMILES string of the molecule is CC(C)CC(CN)CCNc1ccn(C(C)C)n1. The Bertz CT molecular complexity index is 330. The molecular formula is C14H28N4. The fourth-order valence-electron chi connectivity index (χ4n) is 2.12. The molecule has 0 saturated carbocycles. The summed E-state index contributed by atoms with van der Waals surface area (Å²) in [7, 11) is 0. The Labute approximate surface area is 111 Å². The third kappa shape index (κ3) is 5.08. The van der Waals surface area contributed by atoms with Crippen molar-refractivity contribution in [2.75, 3.05) is 18.4 Å². The van der Waals surface area contributed by atoms with Crippen LogP contribution in [-0.2, 0) is 0 Å². The summed E-state index contributed by atoms with van der Waals surface area (Å²) in [6.45, 7) is 10.5. The van der Waals surface area contributed by atoms with Gasteiger partial charge >= 0.3 is 0 Å². The van der Waals surface area contributed by atoms with Crippen LogP contribution in [0.4, 0.5) is 5.82 Å². The molecule has 3 N–H and O–H groups in total. The lowest BCUT2D eigenvalue weighted by molar-refractivity contribution is 0.401. The van der Waals surface area contributed by atoms with Gasteiger partial charge in [0.05, 0.1) is 0 Å². The van der Waals surface area contributed by atoms with Crippen LogP contribution in [0.15, 0.2) is 12.3 Å². The van der Waals surface area contributed by atoms with Crippen LogP contribution in [-0.4, -0.2) is 22.9 Å². The zero-order valence-corrected chi connectivity index (χ0v) is 12.2. The smallest absolute Gasteiger partial charge is 0.147 e. The first-order valence-corrected chi connectivity index (χ1v) is 7.02. The van der Waals surface area contributed by atoms with E-state index in [0.717, 1.165) is 31.2 Å². The average Bonchev–Trinajstić information content (AvgIpc) is 2.76. The Morgan fingerprint density at radius 3 is 2.56 bits per heavy atom. The summed E-state index contributed by atoms with van der Waals surface area (Å²) in [5, 5.41) is 7.84.